The monoisotopic (exact) mass is 602 g/mol. The Hall–Kier alpha value is -4.76. The van der Waals surface area contributed by atoms with E-state index < -0.39 is 6.29 Å². The zero-order valence-corrected chi connectivity index (χ0v) is 24.8. The Morgan fingerprint density at radius 1 is 1.02 bits per heavy atom. The number of nitrogens with one attached hydrogen (secondary N) is 1. The fourth-order valence-corrected chi connectivity index (χ4v) is 6.46. The first-order valence-corrected chi connectivity index (χ1v) is 15.3. The van der Waals surface area contributed by atoms with Crippen LogP contribution in [0.1, 0.15) is 34.6 Å². The van der Waals surface area contributed by atoms with Crippen LogP contribution >= 0.6 is 11.3 Å². The van der Waals surface area contributed by atoms with Crippen LogP contribution < -0.4 is 5.32 Å². The number of anilines is 1. The molecule has 4 aromatic carbocycles. The molecule has 0 fully saturated rings. The minimum Gasteiger partial charge on any atom is -0.464 e. The molecule has 1 aliphatic rings. The van der Waals surface area contributed by atoms with Gasteiger partial charge >= 0.3 is 0 Å². The number of allylic oxidation sites excluding steroid dienone is 1. The Morgan fingerprint density at radius 2 is 1.82 bits per heavy atom. The second-order valence-corrected chi connectivity index (χ2v) is 11.9. The summed E-state index contributed by atoms with van der Waals surface area (Å²) in [5.41, 5.74) is 7.37. The van der Waals surface area contributed by atoms with Crippen LogP contribution in [0.5, 0.6) is 0 Å². The maximum atomic E-state index is 13.5. The van der Waals surface area contributed by atoms with Crippen LogP contribution in [0.3, 0.4) is 0 Å². The number of rotatable bonds is 8. The number of furan rings is 1. The lowest BCUT2D eigenvalue weighted by atomic mass is 9.92. The van der Waals surface area contributed by atoms with Crippen LogP contribution in [0.25, 0.3) is 31.8 Å². The van der Waals surface area contributed by atoms with Crippen LogP contribution in [-0.4, -0.2) is 22.3 Å². The number of fused-ring (bicyclic) bond motifs is 2. The molecule has 0 aliphatic carbocycles. The molecule has 2 atom stereocenters. The van der Waals surface area contributed by atoms with Crippen LogP contribution in [-0.2, 0) is 27.5 Å². The Bertz CT molecular complexity index is 1970. The Kier molecular flexibility index (Phi) is 7.70. The summed E-state index contributed by atoms with van der Waals surface area (Å²) >= 11 is 1.65. The third-order valence-electron chi connectivity index (χ3n) is 7.77. The summed E-state index contributed by atoms with van der Waals surface area (Å²) in [6.07, 6.45) is 3.46. The highest BCUT2D eigenvalue weighted by Crippen LogP contribution is 2.37. The van der Waals surface area contributed by atoms with E-state index >= 15 is 0 Å². The molecule has 8 heteroatoms. The van der Waals surface area contributed by atoms with E-state index in [9.17, 15) is 9.90 Å². The number of amides is 1. The molecule has 0 saturated carbocycles. The molecule has 0 bridgehead atoms. The van der Waals surface area contributed by atoms with E-state index in [4.69, 9.17) is 18.9 Å². The van der Waals surface area contributed by atoms with E-state index in [1.807, 2.05) is 84.9 Å². The van der Waals surface area contributed by atoms with Gasteiger partial charge in [0.1, 0.15) is 10.6 Å². The second kappa shape index (κ2) is 12.1. The minimum atomic E-state index is -0.651. The van der Waals surface area contributed by atoms with Crippen molar-refractivity contribution in [1.82, 2.24) is 4.98 Å². The first-order chi connectivity index (χ1) is 21.5. The fourth-order valence-electron chi connectivity index (χ4n) is 5.39. The van der Waals surface area contributed by atoms with Crippen LogP contribution in [0.4, 0.5) is 5.69 Å². The number of aryl methyl sites for hydroxylation is 1. The van der Waals surface area contributed by atoms with Gasteiger partial charge in [-0.15, -0.1) is 11.3 Å². The molecule has 7 rings (SSSR count). The average molecular weight is 603 g/mol. The fraction of sp³-hybridized carbons (Fsp3) is 0.167. The van der Waals surface area contributed by atoms with Gasteiger partial charge in [0.2, 0.25) is 6.29 Å². The number of para-hydroxylation sites is 1. The predicted octanol–water partition coefficient (Wildman–Crippen LogP) is 8.08. The van der Waals surface area contributed by atoms with Crippen molar-refractivity contribution in [2.45, 2.75) is 38.8 Å². The van der Waals surface area contributed by atoms with Crippen molar-refractivity contribution in [1.29, 1.82) is 0 Å². The summed E-state index contributed by atoms with van der Waals surface area (Å²) in [4.78, 5) is 18.3. The molecule has 1 amide bonds. The van der Waals surface area contributed by atoms with Gasteiger partial charge in [0.25, 0.3) is 5.91 Å². The first-order valence-electron chi connectivity index (χ1n) is 14.5. The molecule has 2 N–H and O–H groups in total. The molecular formula is C36H30N2O5S. The summed E-state index contributed by atoms with van der Waals surface area (Å²) in [6, 6.07) is 29.3. The summed E-state index contributed by atoms with van der Waals surface area (Å²) in [5, 5.41) is 14.3. The molecule has 1 aliphatic heterocycles. The maximum Gasteiger partial charge on any atom is 0.290 e. The van der Waals surface area contributed by atoms with Crippen molar-refractivity contribution in [3.63, 3.8) is 0 Å². The highest BCUT2D eigenvalue weighted by molar-refractivity contribution is 7.21. The van der Waals surface area contributed by atoms with Crippen molar-refractivity contribution >= 4 is 44.1 Å². The van der Waals surface area contributed by atoms with Crippen molar-refractivity contribution in [3.05, 3.63) is 131 Å². The standard InChI is InChI=1S/C36H30N2O5S/c1-22-6-15-30-33(16-22)44-36(38-30)25-11-13-27(14-12-25)37-35(40)32-17-26(29-21-41-31-5-3-2-4-28(29)31)18-34(43-32)42-20-24-9-7-23(19-39)8-10-24/h2-17,21,26,34,39H,18-20H2,1H3,(H,37,40). The molecule has 3 heterocycles. The molecule has 220 valence electrons. The van der Waals surface area contributed by atoms with Crippen molar-refractivity contribution < 1.29 is 23.8 Å². The number of carbonyl (C=O) groups excluding carboxylic acids is 1. The van der Waals surface area contributed by atoms with Gasteiger partial charge in [-0.25, -0.2) is 4.98 Å². The number of hydrogen-bond donors (Lipinski definition) is 2. The topological polar surface area (TPSA) is 93.8 Å². The number of thiazole rings is 1. The summed E-state index contributed by atoms with van der Waals surface area (Å²) in [7, 11) is 0. The molecule has 44 heavy (non-hydrogen) atoms. The van der Waals surface area contributed by atoms with Gasteiger partial charge in [0, 0.05) is 34.5 Å². The number of ether oxygens (including phenoxy) is 2. The zero-order valence-electron chi connectivity index (χ0n) is 24.0. The molecule has 0 spiro atoms. The molecule has 2 unspecified atom stereocenters. The van der Waals surface area contributed by atoms with Gasteiger partial charge in [0.05, 0.1) is 29.7 Å². The highest BCUT2D eigenvalue weighted by Gasteiger charge is 2.30. The molecular weight excluding hydrogens is 572 g/mol. The van der Waals surface area contributed by atoms with Crippen molar-refractivity contribution in [2.24, 2.45) is 0 Å². The number of aromatic nitrogens is 1. The lowest BCUT2D eigenvalue weighted by Crippen LogP contribution is -2.29. The number of carbonyl (C=O) groups is 1. The number of hydrogen-bond acceptors (Lipinski definition) is 7. The van der Waals surface area contributed by atoms with Gasteiger partial charge in [-0.3, -0.25) is 4.79 Å². The van der Waals surface area contributed by atoms with Crippen molar-refractivity contribution in [3.8, 4) is 10.6 Å². The smallest absolute Gasteiger partial charge is 0.290 e. The Morgan fingerprint density at radius 3 is 2.64 bits per heavy atom. The maximum absolute atomic E-state index is 13.5. The van der Waals surface area contributed by atoms with Crippen molar-refractivity contribution in [2.75, 3.05) is 5.32 Å². The number of aliphatic hydroxyl groups is 1. The highest BCUT2D eigenvalue weighted by atomic mass is 32.1. The molecule has 0 radical (unpaired) electrons. The first kappa shape index (κ1) is 28.0. The van der Waals surface area contributed by atoms with E-state index in [1.54, 1.807) is 17.6 Å². The Balaban J connectivity index is 1.10. The summed E-state index contributed by atoms with van der Waals surface area (Å²) < 4.78 is 19.2. The van der Waals surface area contributed by atoms with E-state index in [1.165, 1.54) is 5.56 Å². The molecule has 7 nitrogen and oxygen atoms in total. The minimum absolute atomic E-state index is 0.0130. The second-order valence-electron chi connectivity index (χ2n) is 10.9. The van der Waals surface area contributed by atoms with Gasteiger partial charge in [-0.1, -0.05) is 48.5 Å². The lowest BCUT2D eigenvalue weighted by Gasteiger charge is -2.29. The van der Waals surface area contributed by atoms with E-state index in [2.05, 4.69) is 24.4 Å². The molecule has 2 aromatic heterocycles. The van der Waals surface area contributed by atoms with Crippen LogP contribution in [0.2, 0.25) is 0 Å². The van der Waals surface area contributed by atoms with Crippen LogP contribution in [0.15, 0.2) is 114 Å². The van der Waals surface area contributed by atoms with Crippen LogP contribution in [0, 0.1) is 6.92 Å². The normalized spacial score (nSPS) is 16.5. The largest absolute Gasteiger partial charge is 0.464 e. The molecule has 0 saturated heterocycles. The lowest BCUT2D eigenvalue weighted by molar-refractivity contribution is -0.147. The van der Waals surface area contributed by atoms with Gasteiger partial charge in [0.15, 0.2) is 5.76 Å². The summed E-state index contributed by atoms with van der Waals surface area (Å²) in [6.45, 7) is 2.37. The number of aliphatic hydroxyl groups excluding tert-OH is 1. The predicted molar refractivity (Wildman–Crippen MR) is 172 cm³/mol. The average Bonchev–Trinajstić information content (AvgIpc) is 3.68. The Labute approximate surface area is 258 Å². The number of benzene rings is 4. The van der Waals surface area contributed by atoms with E-state index in [0.717, 1.165) is 48.4 Å². The quantitative estimate of drug-likeness (QED) is 0.183. The molecule has 6 aromatic rings. The third-order valence-corrected chi connectivity index (χ3v) is 8.83. The van der Waals surface area contributed by atoms with Gasteiger partial charge < -0.3 is 24.3 Å². The number of nitrogens with zero attached hydrogens (tertiary/aromatic N) is 1. The summed E-state index contributed by atoms with van der Waals surface area (Å²) in [5.74, 6) is -0.315. The zero-order chi connectivity index (χ0) is 30.0. The SMILES string of the molecule is Cc1ccc2nc(-c3ccc(NC(=O)C4=CC(c5coc6ccccc56)CC(OCc5ccc(CO)cc5)O4)cc3)sc2c1. The van der Waals surface area contributed by atoms with Gasteiger partial charge in [-0.05, 0) is 72.2 Å². The third kappa shape index (κ3) is 5.88. The van der Waals surface area contributed by atoms with Gasteiger partial charge in [-0.2, -0.15) is 0 Å². The van der Waals surface area contributed by atoms with E-state index in [-0.39, 0.29) is 24.2 Å². The van der Waals surface area contributed by atoms with E-state index in [0.29, 0.717) is 18.7 Å².